The summed E-state index contributed by atoms with van der Waals surface area (Å²) in [6.07, 6.45) is 5.01. The van der Waals surface area contributed by atoms with Gasteiger partial charge in [0.15, 0.2) is 0 Å². The highest BCUT2D eigenvalue weighted by atomic mass is 16.1. The van der Waals surface area contributed by atoms with Crippen LogP contribution in [0.3, 0.4) is 0 Å². The fourth-order valence-corrected chi connectivity index (χ4v) is 6.64. The van der Waals surface area contributed by atoms with Gasteiger partial charge in [-0.25, -0.2) is 0 Å². The van der Waals surface area contributed by atoms with Crippen molar-refractivity contribution in [3.63, 3.8) is 0 Å². The molecule has 0 unspecified atom stereocenters. The van der Waals surface area contributed by atoms with E-state index in [4.69, 9.17) is 0 Å². The van der Waals surface area contributed by atoms with Crippen molar-refractivity contribution in [3.8, 4) is 0 Å². The average Bonchev–Trinajstić information content (AvgIpc) is 3.47. The molecular formula is C29H30N2O. The van der Waals surface area contributed by atoms with E-state index in [1.807, 2.05) is 18.2 Å². The van der Waals surface area contributed by atoms with Gasteiger partial charge in [-0.2, -0.15) is 0 Å². The summed E-state index contributed by atoms with van der Waals surface area (Å²) in [6.45, 7) is 2.14. The second-order valence-electron chi connectivity index (χ2n) is 9.78. The Labute approximate surface area is 190 Å². The molecule has 0 aromatic heterocycles. The number of fused-ring (bicyclic) bond motifs is 7. The first-order valence-electron chi connectivity index (χ1n) is 12.1. The summed E-state index contributed by atoms with van der Waals surface area (Å²) in [6, 6.07) is 25.7. The number of hydrogen-bond donors (Lipinski definition) is 2. The van der Waals surface area contributed by atoms with E-state index in [0.29, 0.717) is 17.9 Å². The van der Waals surface area contributed by atoms with Crippen molar-refractivity contribution in [1.82, 2.24) is 0 Å². The lowest BCUT2D eigenvalue weighted by Gasteiger charge is -2.43. The molecule has 2 N–H and O–H groups in total. The number of anilines is 2. The molecule has 6 rings (SSSR count). The van der Waals surface area contributed by atoms with Crippen LogP contribution in [0.15, 0.2) is 72.8 Å². The van der Waals surface area contributed by atoms with E-state index in [1.54, 1.807) is 0 Å². The number of carbonyl (C=O) groups excluding carboxylic acids is 1. The number of benzene rings is 3. The number of hydrogen-bond acceptors (Lipinski definition) is 2. The van der Waals surface area contributed by atoms with Crippen LogP contribution >= 0.6 is 0 Å². The first-order valence-corrected chi connectivity index (χ1v) is 12.1. The molecule has 0 radical (unpaired) electrons. The molecule has 5 atom stereocenters. The summed E-state index contributed by atoms with van der Waals surface area (Å²) in [5.41, 5.74) is 6.82. The van der Waals surface area contributed by atoms with Crippen molar-refractivity contribution in [2.24, 2.45) is 17.8 Å². The highest BCUT2D eigenvalue weighted by molar-refractivity contribution is 6.04. The van der Waals surface area contributed by atoms with Gasteiger partial charge in [0.05, 0.1) is 6.04 Å². The predicted octanol–water partition coefficient (Wildman–Crippen LogP) is 6.80. The molecule has 3 nitrogen and oxygen atoms in total. The van der Waals surface area contributed by atoms with Crippen LogP contribution in [0, 0.1) is 17.8 Å². The van der Waals surface area contributed by atoms with Crippen LogP contribution in [0.1, 0.15) is 65.2 Å². The molecule has 2 fully saturated rings. The van der Waals surface area contributed by atoms with Gasteiger partial charge in [0.25, 0.3) is 5.91 Å². The number of nitrogens with one attached hydrogen (secondary N) is 2. The lowest BCUT2D eigenvalue weighted by Crippen LogP contribution is -2.35. The molecule has 1 aliphatic heterocycles. The zero-order chi connectivity index (χ0) is 21.7. The summed E-state index contributed by atoms with van der Waals surface area (Å²) in [5.74, 6) is 2.67. The molecule has 32 heavy (non-hydrogen) atoms. The van der Waals surface area contributed by atoms with Gasteiger partial charge in [-0.1, -0.05) is 49.4 Å². The molecule has 3 aliphatic rings. The summed E-state index contributed by atoms with van der Waals surface area (Å²) < 4.78 is 0. The zero-order valence-electron chi connectivity index (χ0n) is 18.6. The standard InChI is InChI=1S/C29H30N2O/c1-2-18-8-13-23(14-9-18)30-29(32)22-12-15-25-24(17-22)26-20-10-11-21(16-20)27(26)28(31-25)19-6-4-3-5-7-19/h3-9,12-15,17,20-21,26-28,31H,2,10-11,16H2,1H3,(H,30,32)/t20-,21-,26-,27+,28-/m0/s1. The van der Waals surface area contributed by atoms with Gasteiger partial charge in [0.1, 0.15) is 0 Å². The Kier molecular flexibility index (Phi) is 4.78. The van der Waals surface area contributed by atoms with Crippen molar-refractivity contribution in [3.05, 3.63) is 95.1 Å². The molecule has 162 valence electrons. The normalized spacial score (nSPS) is 27.3. The molecule has 0 saturated heterocycles. The molecule has 2 aliphatic carbocycles. The Morgan fingerprint density at radius 2 is 1.75 bits per heavy atom. The number of carbonyl (C=O) groups is 1. The first kappa shape index (κ1) is 19.6. The summed E-state index contributed by atoms with van der Waals surface area (Å²) in [4.78, 5) is 13.1. The summed E-state index contributed by atoms with van der Waals surface area (Å²) >= 11 is 0. The maximum Gasteiger partial charge on any atom is 0.255 e. The maximum absolute atomic E-state index is 13.1. The minimum Gasteiger partial charge on any atom is -0.378 e. The predicted molar refractivity (Wildman–Crippen MR) is 130 cm³/mol. The van der Waals surface area contributed by atoms with E-state index < -0.39 is 0 Å². The largest absolute Gasteiger partial charge is 0.378 e. The van der Waals surface area contributed by atoms with E-state index >= 15 is 0 Å². The van der Waals surface area contributed by atoms with Gasteiger partial charge >= 0.3 is 0 Å². The van der Waals surface area contributed by atoms with E-state index in [2.05, 4.69) is 72.2 Å². The lowest BCUT2D eigenvalue weighted by molar-refractivity contribution is 0.102. The van der Waals surface area contributed by atoms with Crippen molar-refractivity contribution in [2.75, 3.05) is 10.6 Å². The number of amides is 1. The van der Waals surface area contributed by atoms with Crippen molar-refractivity contribution in [2.45, 2.75) is 44.6 Å². The van der Waals surface area contributed by atoms with Crippen LogP contribution in [0.2, 0.25) is 0 Å². The molecule has 2 bridgehead atoms. The van der Waals surface area contributed by atoms with E-state index in [9.17, 15) is 4.79 Å². The number of rotatable bonds is 4. The molecule has 2 saturated carbocycles. The Morgan fingerprint density at radius 3 is 2.53 bits per heavy atom. The SMILES string of the molecule is CCc1ccc(NC(=O)c2ccc3c(c2)[C@@H]2[C@H]4CC[C@@H](C4)[C@H]2[C@H](c2ccccc2)N3)cc1. The van der Waals surface area contributed by atoms with Crippen LogP contribution in [0.25, 0.3) is 0 Å². The monoisotopic (exact) mass is 422 g/mol. The minimum absolute atomic E-state index is 0.0260. The van der Waals surface area contributed by atoms with Crippen LogP contribution in [0.5, 0.6) is 0 Å². The third-order valence-corrected chi connectivity index (χ3v) is 8.13. The Bertz CT molecular complexity index is 1140. The second-order valence-corrected chi connectivity index (χ2v) is 9.78. The van der Waals surface area contributed by atoms with Crippen LogP contribution in [-0.2, 0) is 6.42 Å². The maximum atomic E-state index is 13.1. The average molecular weight is 423 g/mol. The molecule has 1 heterocycles. The van der Waals surface area contributed by atoms with Gasteiger partial charge in [0, 0.05) is 16.9 Å². The molecule has 3 heteroatoms. The van der Waals surface area contributed by atoms with E-state index in [1.165, 1.54) is 41.6 Å². The molecular weight excluding hydrogens is 392 g/mol. The number of aryl methyl sites for hydroxylation is 1. The molecule has 0 spiro atoms. The minimum atomic E-state index is -0.0260. The summed E-state index contributed by atoms with van der Waals surface area (Å²) in [7, 11) is 0. The topological polar surface area (TPSA) is 41.1 Å². The molecule has 3 aromatic rings. The van der Waals surface area contributed by atoms with E-state index in [0.717, 1.165) is 29.5 Å². The fraction of sp³-hybridized carbons (Fsp3) is 0.345. The van der Waals surface area contributed by atoms with Gasteiger partial charge in [-0.15, -0.1) is 0 Å². The van der Waals surface area contributed by atoms with Gasteiger partial charge in [-0.05, 0) is 96.4 Å². The highest BCUT2D eigenvalue weighted by Crippen LogP contribution is 2.63. The van der Waals surface area contributed by atoms with Crippen molar-refractivity contribution < 1.29 is 4.79 Å². The zero-order valence-corrected chi connectivity index (χ0v) is 18.6. The van der Waals surface area contributed by atoms with Crippen molar-refractivity contribution in [1.29, 1.82) is 0 Å². The van der Waals surface area contributed by atoms with Gasteiger partial charge < -0.3 is 10.6 Å². The van der Waals surface area contributed by atoms with Gasteiger partial charge in [-0.3, -0.25) is 4.79 Å². The third-order valence-electron chi connectivity index (χ3n) is 8.13. The Balaban J connectivity index is 1.32. The fourth-order valence-electron chi connectivity index (χ4n) is 6.64. The Morgan fingerprint density at radius 1 is 0.969 bits per heavy atom. The second kappa shape index (κ2) is 7.81. The molecule has 1 amide bonds. The Hall–Kier alpha value is -3.07. The van der Waals surface area contributed by atoms with Crippen molar-refractivity contribution >= 4 is 17.3 Å². The van der Waals surface area contributed by atoms with Crippen LogP contribution in [0.4, 0.5) is 11.4 Å². The quantitative estimate of drug-likeness (QED) is 0.485. The highest BCUT2D eigenvalue weighted by Gasteiger charge is 2.53. The van der Waals surface area contributed by atoms with Crippen LogP contribution in [-0.4, -0.2) is 5.91 Å². The van der Waals surface area contributed by atoms with E-state index in [-0.39, 0.29) is 5.91 Å². The van der Waals surface area contributed by atoms with Gasteiger partial charge in [0.2, 0.25) is 0 Å². The summed E-state index contributed by atoms with van der Waals surface area (Å²) in [5, 5.41) is 6.95. The first-order chi connectivity index (χ1) is 15.7. The smallest absolute Gasteiger partial charge is 0.255 e. The lowest BCUT2D eigenvalue weighted by atomic mass is 9.68. The molecule has 3 aromatic carbocycles. The third kappa shape index (κ3) is 3.23. The van der Waals surface area contributed by atoms with Crippen LogP contribution < -0.4 is 10.6 Å².